The van der Waals surface area contributed by atoms with Crippen molar-refractivity contribution in [1.82, 2.24) is 4.90 Å². The van der Waals surface area contributed by atoms with Crippen molar-refractivity contribution >= 4 is 34.2 Å². The van der Waals surface area contributed by atoms with Gasteiger partial charge in [-0.2, -0.15) is 0 Å². The molecular formula is C29H29FN4O2S. The molecule has 2 N–H and O–H groups in total. The molecule has 190 valence electrons. The minimum atomic E-state index is -1.50. The van der Waals surface area contributed by atoms with Gasteiger partial charge in [-0.15, -0.1) is 0 Å². The van der Waals surface area contributed by atoms with Gasteiger partial charge in [-0.3, -0.25) is 9.69 Å². The number of amidine groups is 1. The standard InChI is InChI=1S/C29H29FN4O2S/c1-19(2)33(24-12-8-5-9-13-24)29(36)18-37-28-31-20(3)25(27(35)32-23-10-6-4-7-11-23)26(34(28)29)21-14-16-22(30)17-15-21/h4-17,19,26,36H,18H2,1-3H3,(H,32,35)/t26-,29-/m0/s1. The molecule has 0 radical (unpaired) electrons. The maximum Gasteiger partial charge on any atom is 0.255 e. The van der Waals surface area contributed by atoms with Gasteiger partial charge in [0, 0.05) is 17.4 Å². The minimum absolute atomic E-state index is 0.0742. The number of hydrogen-bond donors (Lipinski definition) is 2. The van der Waals surface area contributed by atoms with Crippen LogP contribution in [0.2, 0.25) is 0 Å². The van der Waals surface area contributed by atoms with Gasteiger partial charge in [0.15, 0.2) is 5.17 Å². The highest BCUT2D eigenvalue weighted by molar-refractivity contribution is 8.14. The van der Waals surface area contributed by atoms with E-state index in [1.165, 1.54) is 23.9 Å². The van der Waals surface area contributed by atoms with Crippen LogP contribution in [0.15, 0.2) is 101 Å². The van der Waals surface area contributed by atoms with E-state index >= 15 is 0 Å². The van der Waals surface area contributed by atoms with E-state index in [9.17, 15) is 14.3 Å². The molecule has 0 saturated carbocycles. The van der Waals surface area contributed by atoms with Crippen molar-refractivity contribution in [3.63, 3.8) is 0 Å². The molecule has 1 fully saturated rings. The number of benzene rings is 3. The van der Waals surface area contributed by atoms with Crippen molar-refractivity contribution in [2.24, 2.45) is 4.99 Å². The van der Waals surface area contributed by atoms with E-state index in [0.29, 0.717) is 33.4 Å². The first kappa shape index (κ1) is 25.0. The summed E-state index contributed by atoms with van der Waals surface area (Å²) in [5.74, 6) is -1.88. The molecule has 37 heavy (non-hydrogen) atoms. The van der Waals surface area contributed by atoms with Gasteiger partial charge >= 0.3 is 0 Å². The van der Waals surface area contributed by atoms with Crippen molar-refractivity contribution in [1.29, 1.82) is 0 Å². The Balaban J connectivity index is 1.65. The highest BCUT2D eigenvalue weighted by Crippen LogP contribution is 2.48. The van der Waals surface area contributed by atoms with Crippen molar-refractivity contribution in [3.8, 4) is 0 Å². The molecule has 2 heterocycles. The van der Waals surface area contributed by atoms with Crippen molar-refractivity contribution in [2.75, 3.05) is 16.0 Å². The smallest absolute Gasteiger partial charge is 0.255 e. The monoisotopic (exact) mass is 516 g/mol. The van der Waals surface area contributed by atoms with Crippen LogP contribution in [0.3, 0.4) is 0 Å². The van der Waals surface area contributed by atoms with Crippen LogP contribution < -0.4 is 10.2 Å². The van der Waals surface area contributed by atoms with Crippen LogP contribution in [0.25, 0.3) is 0 Å². The Morgan fingerprint density at radius 2 is 1.70 bits per heavy atom. The molecule has 3 aromatic rings. The molecule has 8 heteroatoms. The molecule has 3 aromatic carbocycles. The molecule has 2 aliphatic rings. The number of fused-ring (bicyclic) bond motifs is 1. The third kappa shape index (κ3) is 4.63. The number of amides is 1. The molecule has 0 aliphatic carbocycles. The molecule has 0 spiro atoms. The van der Waals surface area contributed by atoms with Gasteiger partial charge in [-0.1, -0.05) is 60.3 Å². The van der Waals surface area contributed by atoms with E-state index in [1.54, 1.807) is 19.1 Å². The molecule has 0 bridgehead atoms. The van der Waals surface area contributed by atoms with Crippen LogP contribution in [0.1, 0.15) is 32.4 Å². The lowest BCUT2D eigenvalue weighted by molar-refractivity contribution is -0.114. The normalized spacial score (nSPS) is 21.1. The molecule has 5 rings (SSSR count). The van der Waals surface area contributed by atoms with E-state index < -0.39 is 11.9 Å². The van der Waals surface area contributed by atoms with Crippen LogP contribution in [0.4, 0.5) is 15.8 Å². The number of carbonyl (C=O) groups excluding carboxylic acids is 1. The molecule has 2 atom stereocenters. The molecule has 0 unspecified atom stereocenters. The van der Waals surface area contributed by atoms with Gasteiger partial charge < -0.3 is 15.3 Å². The van der Waals surface area contributed by atoms with E-state index in [4.69, 9.17) is 4.99 Å². The highest BCUT2D eigenvalue weighted by atomic mass is 32.2. The lowest BCUT2D eigenvalue weighted by Gasteiger charge is -2.50. The van der Waals surface area contributed by atoms with Gasteiger partial charge in [-0.25, -0.2) is 9.38 Å². The maximum atomic E-state index is 14.0. The topological polar surface area (TPSA) is 68.2 Å². The molecule has 1 amide bonds. The predicted molar refractivity (Wildman–Crippen MR) is 148 cm³/mol. The third-order valence-corrected chi connectivity index (χ3v) is 7.65. The van der Waals surface area contributed by atoms with Gasteiger partial charge in [-0.05, 0) is 62.7 Å². The number of hydrogen-bond acceptors (Lipinski definition) is 6. The number of carbonyl (C=O) groups is 1. The molecule has 6 nitrogen and oxygen atoms in total. The molecule has 0 aromatic heterocycles. The number of anilines is 2. The lowest BCUT2D eigenvalue weighted by Crippen LogP contribution is -2.64. The fraction of sp³-hybridized carbons (Fsp3) is 0.241. The average Bonchev–Trinajstić information content (AvgIpc) is 3.21. The Labute approximate surface area is 220 Å². The van der Waals surface area contributed by atoms with Crippen LogP contribution in [-0.2, 0) is 4.79 Å². The van der Waals surface area contributed by atoms with Crippen LogP contribution in [-0.4, -0.2) is 38.7 Å². The van der Waals surface area contributed by atoms with Gasteiger partial charge in [0.2, 0.25) is 5.85 Å². The Bertz CT molecular complexity index is 1350. The zero-order valence-electron chi connectivity index (χ0n) is 20.9. The molecule has 2 aliphatic heterocycles. The lowest BCUT2D eigenvalue weighted by atomic mass is 9.92. The number of thioether (sulfide) groups is 1. The van der Waals surface area contributed by atoms with Gasteiger partial charge in [0.1, 0.15) is 5.82 Å². The second kappa shape index (κ2) is 10.0. The summed E-state index contributed by atoms with van der Waals surface area (Å²) in [5.41, 5.74) is 3.14. The summed E-state index contributed by atoms with van der Waals surface area (Å²) in [5, 5.41) is 16.0. The number of para-hydroxylation sites is 2. The number of nitrogens with zero attached hydrogens (tertiary/aromatic N) is 3. The first-order chi connectivity index (χ1) is 17.8. The number of allylic oxidation sites excluding steroid dienone is 1. The summed E-state index contributed by atoms with van der Waals surface area (Å²) in [4.78, 5) is 22.3. The number of aliphatic imine (C=N–C) groups is 1. The number of halogens is 1. The van der Waals surface area contributed by atoms with Crippen LogP contribution in [0, 0.1) is 5.82 Å². The Kier molecular flexibility index (Phi) is 6.79. The zero-order valence-corrected chi connectivity index (χ0v) is 21.7. The number of nitrogens with one attached hydrogen (secondary N) is 1. The van der Waals surface area contributed by atoms with Crippen LogP contribution >= 0.6 is 11.8 Å². The van der Waals surface area contributed by atoms with Crippen molar-refractivity contribution in [3.05, 3.63) is 108 Å². The average molecular weight is 517 g/mol. The fourth-order valence-electron chi connectivity index (χ4n) is 5.05. The van der Waals surface area contributed by atoms with E-state index in [-0.39, 0.29) is 17.8 Å². The van der Waals surface area contributed by atoms with E-state index in [2.05, 4.69) is 5.32 Å². The summed E-state index contributed by atoms with van der Waals surface area (Å²) < 4.78 is 14.0. The summed E-state index contributed by atoms with van der Waals surface area (Å²) in [6, 6.07) is 24.2. The fourth-order valence-corrected chi connectivity index (χ4v) is 6.24. The van der Waals surface area contributed by atoms with Gasteiger partial charge in [0.25, 0.3) is 5.91 Å². The van der Waals surface area contributed by atoms with E-state index in [1.807, 2.05) is 84.3 Å². The summed E-state index contributed by atoms with van der Waals surface area (Å²) >= 11 is 1.44. The first-order valence-corrected chi connectivity index (χ1v) is 13.2. The number of rotatable bonds is 6. The minimum Gasteiger partial charge on any atom is -0.353 e. The zero-order chi connectivity index (χ0) is 26.2. The van der Waals surface area contributed by atoms with E-state index in [0.717, 1.165) is 5.69 Å². The second-order valence-corrected chi connectivity index (χ2v) is 10.3. The number of aliphatic hydroxyl groups is 1. The quantitative estimate of drug-likeness (QED) is 0.408. The Morgan fingerprint density at radius 1 is 1.08 bits per heavy atom. The summed E-state index contributed by atoms with van der Waals surface area (Å²) in [6.07, 6.45) is 0. The highest BCUT2D eigenvalue weighted by Gasteiger charge is 2.55. The molecular weight excluding hydrogens is 487 g/mol. The maximum absolute atomic E-state index is 14.0. The van der Waals surface area contributed by atoms with Gasteiger partial charge in [0.05, 0.1) is 23.1 Å². The SMILES string of the molecule is CC1=C(C(=O)Nc2ccccc2)[C@H](c2ccc(F)cc2)N2C(=N1)SC[C@]2(O)N(c1ccccc1)C(C)C. The Hall–Kier alpha value is -3.62. The van der Waals surface area contributed by atoms with Crippen molar-refractivity contribution < 1.29 is 14.3 Å². The first-order valence-electron chi connectivity index (χ1n) is 12.2. The summed E-state index contributed by atoms with van der Waals surface area (Å²) in [6.45, 7) is 5.84. The summed E-state index contributed by atoms with van der Waals surface area (Å²) in [7, 11) is 0. The Morgan fingerprint density at radius 3 is 2.32 bits per heavy atom. The second-order valence-electron chi connectivity index (χ2n) is 9.40. The third-order valence-electron chi connectivity index (χ3n) is 6.57. The molecule has 1 saturated heterocycles. The largest absolute Gasteiger partial charge is 0.353 e. The predicted octanol–water partition coefficient (Wildman–Crippen LogP) is 5.76. The van der Waals surface area contributed by atoms with Crippen LogP contribution in [0.5, 0.6) is 0 Å². The van der Waals surface area contributed by atoms with Crippen molar-refractivity contribution in [2.45, 2.75) is 38.7 Å².